The van der Waals surface area contributed by atoms with Crippen molar-refractivity contribution in [1.82, 2.24) is 0 Å². The van der Waals surface area contributed by atoms with Crippen molar-refractivity contribution in [3.05, 3.63) is 114 Å². The highest BCUT2D eigenvalue weighted by molar-refractivity contribution is 5.91. The maximum Gasteiger partial charge on any atom is 0.338 e. The molecule has 9 nitrogen and oxygen atoms in total. The van der Waals surface area contributed by atoms with Gasteiger partial charge in [0.1, 0.15) is 12.7 Å². The quantitative estimate of drug-likeness (QED) is 0.379. The van der Waals surface area contributed by atoms with E-state index in [1.54, 1.807) is 54.6 Å². The first-order valence-electron chi connectivity index (χ1n) is 11.1. The van der Waals surface area contributed by atoms with Crippen LogP contribution in [0, 0.1) is 6.61 Å². The smallest absolute Gasteiger partial charge is 0.338 e. The Balaban J connectivity index is 1.66. The predicted molar refractivity (Wildman–Crippen MR) is 124 cm³/mol. The molecule has 185 valence electrons. The molecule has 1 radical (unpaired) electrons. The molecule has 0 aromatic heterocycles. The van der Waals surface area contributed by atoms with Crippen molar-refractivity contribution in [2.45, 2.75) is 30.7 Å². The molecule has 1 heterocycles. The van der Waals surface area contributed by atoms with E-state index < -0.39 is 48.6 Å². The number of esters is 3. The molecule has 3 aromatic carbocycles. The number of rotatable bonds is 7. The third kappa shape index (κ3) is 5.77. The third-order valence-electron chi connectivity index (χ3n) is 5.45. The van der Waals surface area contributed by atoms with Crippen LogP contribution in [0.15, 0.2) is 91.0 Å². The molecule has 1 aliphatic rings. The minimum Gasteiger partial charge on any atom is -0.452 e. The molecule has 36 heavy (non-hydrogen) atoms. The Bertz CT molecular complexity index is 1170. The summed E-state index contributed by atoms with van der Waals surface area (Å²) in [6, 6.07) is 23.9. The summed E-state index contributed by atoms with van der Waals surface area (Å²) in [6.07, 6.45) is -7.79. The lowest BCUT2D eigenvalue weighted by Crippen LogP contribution is -2.61. The van der Waals surface area contributed by atoms with Crippen LogP contribution in [0.5, 0.6) is 0 Å². The number of aliphatic hydroxyl groups is 2. The van der Waals surface area contributed by atoms with E-state index in [1.165, 1.54) is 36.4 Å². The summed E-state index contributed by atoms with van der Waals surface area (Å²) >= 11 is 0. The summed E-state index contributed by atoms with van der Waals surface area (Å²) in [7, 11) is 0. The highest BCUT2D eigenvalue weighted by Gasteiger charge is 2.52. The topological polar surface area (TPSA) is 129 Å². The minimum absolute atomic E-state index is 0.171. The molecule has 0 spiro atoms. The Morgan fingerprint density at radius 1 is 0.611 bits per heavy atom. The van der Waals surface area contributed by atoms with Crippen LogP contribution in [0.1, 0.15) is 31.1 Å². The lowest BCUT2D eigenvalue weighted by atomic mass is 9.98. The summed E-state index contributed by atoms with van der Waals surface area (Å²) in [5, 5.41) is 20.4. The van der Waals surface area contributed by atoms with Crippen LogP contribution < -0.4 is 0 Å². The Hall–Kier alpha value is -4.05. The molecule has 0 aliphatic carbocycles. The van der Waals surface area contributed by atoms with Crippen LogP contribution in [0.2, 0.25) is 0 Å². The molecule has 3 aromatic rings. The molecule has 4 rings (SSSR count). The lowest BCUT2D eigenvalue weighted by molar-refractivity contribution is -0.277. The van der Waals surface area contributed by atoms with Crippen LogP contribution >= 0.6 is 0 Å². The van der Waals surface area contributed by atoms with Gasteiger partial charge >= 0.3 is 17.9 Å². The predicted octanol–water partition coefficient (Wildman–Crippen LogP) is 2.91. The number of carbonyl (C=O) groups is 3. The molecule has 0 unspecified atom stereocenters. The van der Waals surface area contributed by atoms with Gasteiger partial charge in [-0.25, -0.2) is 14.4 Å². The molecule has 9 heteroatoms. The monoisotopic (exact) mass is 491 g/mol. The van der Waals surface area contributed by atoms with Crippen LogP contribution in [-0.4, -0.2) is 58.8 Å². The number of hydrogen-bond acceptors (Lipinski definition) is 9. The van der Waals surface area contributed by atoms with Gasteiger partial charge in [-0.15, -0.1) is 0 Å². The van der Waals surface area contributed by atoms with Gasteiger partial charge in [0.2, 0.25) is 0 Å². The second kappa shape index (κ2) is 11.6. The van der Waals surface area contributed by atoms with Crippen molar-refractivity contribution in [1.29, 1.82) is 0 Å². The molecule has 1 saturated heterocycles. The zero-order chi connectivity index (χ0) is 25.5. The van der Waals surface area contributed by atoms with Gasteiger partial charge in [-0.1, -0.05) is 54.6 Å². The van der Waals surface area contributed by atoms with E-state index in [2.05, 4.69) is 0 Å². The summed E-state index contributed by atoms with van der Waals surface area (Å²) in [6.45, 7) is 0.560. The van der Waals surface area contributed by atoms with Crippen LogP contribution in [0.3, 0.4) is 0 Å². The van der Waals surface area contributed by atoms with Gasteiger partial charge < -0.3 is 29.2 Å². The van der Waals surface area contributed by atoms with E-state index in [-0.39, 0.29) is 16.7 Å². The Labute approximate surface area is 206 Å². The molecule has 1 aliphatic heterocycles. The molecular formula is C27H23O9. The second-order valence-electron chi connectivity index (χ2n) is 7.85. The normalized spacial score (nSPS) is 23.3. The van der Waals surface area contributed by atoms with E-state index in [0.29, 0.717) is 6.61 Å². The van der Waals surface area contributed by atoms with Gasteiger partial charge in [0.05, 0.1) is 16.7 Å². The van der Waals surface area contributed by atoms with Crippen LogP contribution in [0.25, 0.3) is 0 Å². The van der Waals surface area contributed by atoms with E-state index in [0.717, 1.165) is 0 Å². The maximum absolute atomic E-state index is 12.9. The van der Waals surface area contributed by atoms with Crippen molar-refractivity contribution >= 4 is 17.9 Å². The first kappa shape index (κ1) is 25.1. The molecule has 0 saturated carbocycles. The standard InChI is InChI=1S/C27H23O9/c28-16-20-21(34-24(29)17-10-4-1-5-11-17)22(35-25(30)18-12-6-2-7-13-18)23(27(32)33-20)36-26(31)19-14-8-3-9-15-19/h1-16,20-23,27-28,32H/t20-,21-,22+,23-,27+/m1/s1. The zero-order valence-corrected chi connectivity index (χ0v) is 18.9. The molecule has 5 atom stereocenters. The number of ether oxygens (including phenoxy) is 4. The maximum atomic E-state index is 12.9. The van der Waals surface area contributed by atoms with E-state index in [4.69, 9.17) is 18.9 Å². The first-order chi connectivity index (χ1) is 17.5. The minimum atomic E-state index is -1.81. The number of aliphatic hydroxyl groups excluding tert-OH is 2. The third-order valence-corrected chi connectivity index (χ3v) is 5.45. The highest BCUT2D eigenvalue weighted by Crippen LogP contribution is 2.30. The van der Waals surface area contributed by atoms with Crippen LogP contribution in [-0.2, 0) is 18.9 Å². The molecule has 0 bridgehead atoms. The zero-order valence-electron chi connectivity index (χ0n) is 18.9. The fourth-order valence-electron chi connectivity index (χ4n) is 3.66. The molecule has 0 amide bonds. The van der Waals surface area contributed by atoms with Gasteiger partial charge in [0.25, 0.3) is 0 Å². The highest BCUT2D eigenvalue weighted by atomic mass is 16.7. The van der Waals surface area contributed by atoms with Gasteiger partial charge in [-0.05, 0) is 36.4 Å². The largest absolute Gasteiger partial charge is 0.452 e. The summed E-state index contributed by atoms with van der Waals surface area (Å²) in [5.41, 5.74) is 0.530. The summed E-state index contributed by atoms with van der Waals surface area (Å²) in [5.74, 6) is -2.46. The van der Waals surface area contributed by atoms with Crippen molar-refractivity contribution in [2.75, 3.05) is 0 Å². The average Bonchev–Trinajstić information content (AvgIpc) is 2.93. The van der Waals surface area contributed by atoms with Crippen molar-refractivity contribution in [2.24, 2.45) is 0 Å². The SMILES string of the molecule is O=C(O[C@@H]1[C@@H](OC(=O)c2ccccc2)[C@@H](O)O[C@H]([CH]O)[C@H]1OC(=O)c1ccccc1)c1ccccc1. The number of carbonyl (C=O) groups excluding carboxylic acids is 3. The summed E-state index contributed by atoms with van der Waals surface area (Å²) in [4.78, 5) is 38.5. The second-order valence-corrected chi connectivity index (χ2v) is 7.85. The molecular weight excluding hydrogens is 468 g/mol. The van der Waals surface area contributed by atoms with Crippen molar-refractivity contribution in [3.8, 4) is 0 Å². The van der Waals surface area contributed by atoms with Gasteiger partial charge in [-0.3, -0.25) is 0 Å². The number of benzene rings is 3. The average molecular weight is 491 g/mol. The fourth-order valence-corrected chi connectivity index (χ4v) is 3.66. The Kier molecular flexibility index (Phi) is 8.06. The number of hydrogen-bond donors (Lipinski definition) is 2. The lowest BCUT2D eigenvalue weighted by Gasteiger charge is -2.42. The van der Waals surface area contributed by atoms with Gasteiger partial charge in [-0.2, -0.15) is 0 Å². The van der Waals surface area contributed by atoms with E-state index in [9.17, 15) is 24.6 Å². The molecule has 1 fully saturated rings. The van der Waals surface area contributed by atoms with E-state index in [1.807, 2.05) is 0 Å². The summed E-state index contributed by atoms with van der Waals surface area (Å²) < 4.78 is 22.0. The van der Waals surface area contributed by atoms with Gasteiger partial charge in [0, 0.05) is 0 Å². The van der Waals surface area contributed by atoms with Crippen molar-refractivity contribution < 1.29 is 43.5 Å². The molecule has 2 N–H and O–H groups in total. The van der Waals surface area contributed by atoms with E-state index >= 15 is 0 Å². The van der Waals surface area contributed by atoms with Crippen LogP contribution in [0.4, 0.5) is 0 Å². The first-order valence-corrected chi connectivity index (χ1v) is 11.1. The van der Waals surface area contributed by atoms with Gasteiger partial charge in [0.15, 0.2) is 24.6 Å². The Morgan fingerprint density at radius 3 is 1.36 bits per heavy atom. The van der Waals surface area contributed by atoms with Crippen molar-refractivity contribution in [3.63, 3.8) is 0 Å². The fraction of sp³-hybridized carbons (Fsp3) is 0.185. The Morgan fingerprint density at radius 2 is 0.972 bits per heavy atom.